The first-order valence-corrected chi connectivity index (χ1v) is 11.1. The Morgan fingerprint density at radius 3 is 2.68 bits per heavy atom. The van der Waals surface area contributed by atoms with E-state index in [4.69, 9.17) is 10.5 Å². The standard InChI is InChI=1S/C25H26N6O3/c1-33-25(32)28-22-14-18(6-7-27-22)19-12-20(23-21(13-19)24(26)30-29-23)17-4-2-16(3-5-17)15-31-8-10-34-11-9-31/h2-7,12-14H,8-11,15H2,1H3,(H3,26,29,30)(H,27,28,32). The highest BCUT2D eigenvalue weighted by molar-refractivity contribution is 6.02. The van der Waals surface area contributed by atoms with Crippen LogP contribution >= 0.6 is 0 Å². The van der Waals surface area contributed by atoms with E-state index in [0.29, 0.717) is 11.6 Å². The van der Waals surface area contributed by atoms with Crippen molar-refractivity contribution < 1.29 is 14.3 Å². The summed E-state index contributed by atoms with van der Waals surface area (Å²) in [6, 6.07) is 16.3. The number of nitrogens with two attached hydrogens (primary N) is 1. The lowest BCUT2D eigenvalue weighted by Crippen LogP contribution is -2.35. The fourth-order valence-corrected chi connectivity index (χ4v) is 4.18. The van der Waals surface area contributed by atoms with Crippen molar-refractivity contribution in [3.63, 3.8) is 0 Å². The van der Waals surface area contributed by atoms with Crippen molar-refractivity contribution in [2.24, 2.45) is 0 Å². The summed E-state index contributed by atoms with van der Waals surface area (Å²) in [5.74, 6) is 0.836. The van der Waals surface area contributed by atoms with E-state index in [9.17, 15) is 4.79 Å². The number of amides is 1. The quantitative estimate of drug-likeness (QED) is 0.415. The maximum absolute atomic E-state index is 11.6. The second kappa shape index (κ2) is 9.50. The van der Waals surface area contributed by atoms with E-state index in [1.54, 1.807) is 12.3 Å². The molecule has 5 rings (SSSR count). The molecule has 1 aliphatic rings. The number of nitrogens with one attached hydrogen (secondary N) is 2. The van der Waals surface area contributed by atoms with Gasteiger partial charge in [0, 0.05) is 36.8 Å². The molecule has 1 aliphatic heterocycles. The molecular formula is C25H26N6O3. The minimum absolute atomic E-state index is 0.402. The van der Waals surface area contributed by atoms with E-state index in [1.165, 1.54) is 12.7 Å². The van der Waals surface area contributed by atoms with E-state index >= 15 is 0 Å². The van der Waals surface area contributed by atoms with Crippen molar-refractivity contribution in [2.45, 2.75) is 6.54 Å². The third-order valence-corrected chi connectivity index (χ3v) is 5.99. The van der Waals surface area contributed by atoms with Crippen LogP contribution in [0.15, 0.2) is 54.7 Å². The molecule has 2 aromatic heterocycles. The summed E-state index contributed by atoms with van der Waals surface area (Å²) in [5, 5.41) is 10.7. The fraction of sp³-hybridized carbons (Fsp3) is 0.240. The normalized spacial score (nSPS) is 14.3. The highest BCUT2D eigenvalue weighted by Crippen LogP contribution is 2.35. The Morgan fingerprint density at radius 2 is 1.91 bits per heavy atom. The van der Waals surface area contributed by atoms with Gasteiger partial charge in [0.2, 0.25) is 0 Å². The zero-order chi connectivity index (χ0) is 23.5. The molecule has 4 N–H and O–H groups in total. The summed E-state index contributed by atoms with van der Waals surface area (Å²) in [7, 11) is 1.31. The summed E-state index contributed by atoms with van der Waals surface area (Å²) < 4.78 is 10.1. The number of nitrogens with zero attached hydrogens (tertiary/aromatic N) is 3. The molecule has 0 radical (unpaired) electrons. The summed E-state index contributed by atoms with van der Waals surface area (Å²) in [5.41, 5.74) is 12.2. The molecule has 1 saturated heterocycles. The van der Waals surface area contributed by atoms with E-state index in [-0.39, 0.29) is 0 Å². The highest BCUT2D eigenvalue weighted by atomic mass is 16.5. The Kier molecular flexibility index (Phi) is 6.11. The van der Waals surface area contributed by atoms with Crippen molar-refractivity contribution in [3.05, 3.63) is 60.3 Å². The summed E-state index contributed by atoms with van der Waals surface area (Å²) in [4.78, 5) is 18.2. The van der Waals surface area contributed by atoms with E-state index in [1.807, 2.05) is 12.1 Å². The minimum Gasteiger partial charge on any atom is -0.453 e. The van der Waals surface area contributed by atoms with Crippen molar-refractivity contribution in [3.8, 4) is 22.3 Å². The van der Waals surface area contributed by atoms with E-state index in [2.05, 4.69) is 60.5 Å². The number of fused-ring (bicyclic) bond motifs is 1. The minimum atomic E-state index is -0.572. The van der Waals surface area contributed by atoms with Crippen molar-refractivity contribution in [1.29, 1.82) is 0 Å². The van der Waals surface area contributed by atoms with Crippen LogP contribution in [0, 0.1) is 0 Å². The van der Waals surface area contributed by atoms with Crippen LogP contribution in [0.3, 0.4) is 0 Å². The number of pyridine rings is 1. The molecule has 1 fully saturated rings. The third kappa shape index (κ3) is 4.57. The molecule has 0 unspecified atom stereocenters. The number of carbonyl (C=O) groups is 1. The highest BCUT2D eigenvalue weighted by Gasteiger charge is 2.15. The topological polar surface area (TPSA) is 118 Å². The smallest absolute Gasteiger partial charge is 0.412 e. The van der Waals surface area contributed by atoms with Gasteiger partial charge in [0.15, 0.2) is 5.82 Å². The number of hydrogen-bond acceptors (Lipinski definition) is 7. The maximum atomic E-state index is 11.6. The number of hydrogen-bond donors (Lipinski definition) is 3. The first kappa shape index (κ1) is 21.9. The maximum Gasteiger partial charge on any atom is 0.412 e. The van der Waals surface area contributed by atoms with Crippen molar-refractivity contribution >= 4 is 28.6 Å². The van der Waals surface area contributed by atoms with Crippen LogP contribution in [0.1, 0.15) is 5.56 Å². The molecule has 3 heterocycles. The average Bonchev–Trinajstić information content (AvgIpc) is 3.25. The Labute approximate surface area is 196 Å². The number of anilines is 2. The van der Waals surface area contributed by atoms with E-state index in [0.717, 1.165) is 66.0 Å². The Morgan fingerprint density at radius 1 is 1.12 bits per heavy atom. The molecule has 0 aliphatic carbocycles. The van der Waals surface area contributed by atoms with Gasteiger partial charge in [0.1, 0.15) is 5.82 Å². The van der Waals surface area contributed by atoms with Gasteiger partial charge in [0.05, 0.1) is 25.8 Å². The second-order valence-electron chi connectivity index (χ2n) is 8.19. The molecule has 174 valence electrons. The van der Waals surface area contributed by atoms with Crippen LogP contribution in [0.4, 0.5) is 16.4 Å². The number of aromatic nitrogens is 3. The average molecular weight is 459 g/mol. The van der Waals surface area contributed by atoms with Gasteiger partial charge in [-0.05, 0) is 46.5 Å². The third-order valence-electron chi connectivity index (χ3n) is 5.99. The number of carbonyl (C=O) groups excluding carboxylic acids is 1. The molecule has 34 heavy (non-hydrogen) atoms. The Bertz CT molecular complexity index is 1310. The molecule has 0 spiro atoms. The van der Waals surface area contributed by atoms with Crippen molar-refractivity contribution in [2.75, 3.05) is 44.5 Å². The van der Waals surface area contributed by atoms with Crippen LogP contribution in [-0.4, -0.2) is 59.6 Å². The van der Waals surface area contributed by atoms with Crippen LogP contribution in [-0.2, 0) is 16.0 Å². The number of nitrogen functional groups attached to an aromatic ring is 1. The molecule has 0 bridgehead atoms. The number of rotatable bonds is 5. The zero-order valence-electron chi connectivity index (χ0n) is 18.9. The fourth-order valence-electron chi connectivity index (χ4n) is 4.18. The summed E-state index contributed by atoms with van der Waals surface area (Å²) in [6.07, 6.45) is 1.07. The molecule has 9 heteroatoms. The molecule has 2 aromatic carbocycles. The molecular weight excluding hydrogens is 432 g/mol. The number of methoxy groups -OCH3 is 1. The van der Waals surface area contributed by atoms with Crippen LogP contribution < -0.4 is 11.1 Å². The summed E-state index contributed by atoms with van der Waals surface area (Å²) in [6.45, 7) is 4.39. The van der Waals surface area contributed by atoms with Crippen LogP contribution in [0.25, 0.3) is 33.2 Å². The van der Waals surface area contributed by atoms with E-state index < -0.39 is 6.09 Å². The number of morpholine rings is 1. The number of ether oxygens (including phenoxy) is 2. The Balaban J connectivity index is 1.49. The van der Waals surface area contributed by atoms with Gasteiger partial charge in [-0.1, -0.05) is 24.3 Å². The van der Waals surface area contributed by atoms with Gasteiger partial charge in [-0.25, -0.2) is 9.78 Å². The first-order valence-electron chi connectivity index (χ1n) is 11.1. The van der Waals surface area contributed by atoms with Gasteiger partial charge < -0.3 is 15.2 Å². The van der Waals surface area contributed by atoms with Gasteiger partial charge >= 0.3 is 6.09 Å². The van der Waals surface area contributed by atoms with Crippen molar-refractivity contribution in [1.82, 2.24) is 20.1 Å². The lowest BCUT2D eigenvalue weighted by atomic mass is 9.96. The molecule has 4 aromatic rings. The summed E-state index contributed by atoms with van der Waals surface area (Å²) >= 11 is 0. The number of H-pyrrole nitrogens is 1. The largest absolute Gasteiger partial charge is 0.453 e. The number of benzene rings is 2. The van der Waals surface area contributed by atoms with Crippen LogP contribution in [0.2, 0.25) is 0 Å². The molecule has 1 amide bonds. The Hall–Kier alpha value is -3.95. The monoisotopic (exact) mass is 458 g/mol. The molecule has 0 atom stereocenters. The van der Waals surface area contributed by atoms with Gasteiger partial charge in [0.25, 0.3) is 0 Å². The molecule has 0 saturated carbocycles. The lowest BCUT2D eigenvalue weighted by Gasteiger charge is -2.26. The molecule has 9 nitrogen and oxygen atoms in total. The van der Waals surface area contributed by atoms with Gasteiger partial charge in [-0.2, -0.15) is 5.10 Å². The number of aromatic amines is 1. The first-order chi connectivity index (χ1) is 16.6. The predicted molar refractivity (Wildman–Crippen MR) is 131 cm³/mol. The second-order valence-corrected chi connectivity index (χ2v) is 8.19. The lowest BCUT2D eigenvalue weighted by molar-refractivity contribution is 0.0342. The SMILES string of the molecule is COC(=O)Nc1cc(-c2cc(-c3ccc(CN4CCOCC4)cc3)c3[nH]nc(N)c3c2)ccn1. The zero-order valence-corrected chi connectivity index (χ0v) is 18.9. The van der Waals surface area contributed by atoms with Gasteiger partial charge in [-0.3, -0.25) is 15.3 Å². The predicted octanol–water partition coefficient (Wildman–Crippen LogP) is 3.88. The van der Waals surface area contributed by atoms with Gasteiger partial charge in [-0.15, -0.1) is 0 Å². The van der Waals surface area contributed by atoms with Crippen LogP contribution in [0.5, 0.6) is 0 Å².